The number of carbonyl (C=O) groups is 1. The maximum absolute atomic E-state index is 12.6. The summed E-state index contributed by atoms with van der Waals surface area (Å²) in [6, 6.07) is 8.20. The highest BCUT2D eigenvalue weighted by Crippen LogP contribution is 2.22. The van der Waals surface area contributed by atoms with Gasteiger partial charge in [-0.25, -0.2) is 4.79 Å². The Labute approximate surface area is 152 Å². The first kappa shape index (κ1) is 19.7. The number of aryl methyl sites for hydroxylation is 1. The third-order valence-electron chi connectivity index (χ3n) is 5.12. The highest BCUT2D eigenvalue weighted by Gasteiger charge is 2.35. The molecule has 1 aromatic rings. The molecule has 25 heavy (non-hydrogen) atoms. The second kappa shape index (κ2) is 9.78. The van der Waals surface area contributed by atoms with Gasteiger partial charge in [-0.1, -0.05) is 38.3 Å². The average Bonchev–Trinajstić information content (AvgIpc) is 3.05. The molecule has 2 N–H and O–H groups in total. The summed E-state index contributed by atoms with van der Waals surface area (Å²) in [5, 5.41) is 12.5. The van der Waals surface area contributed by atoms with Gasteiger partial charge in [-0.2, -0.15) is 0 Å². The van der Waals surface area contributed by atoms with Crippen molar-refractivity contribution in [1.29, 1.82) is 0 Å². The summed E-state index contributed by atoms with van der Waals surface area (Å²) in [5.74, 6) is 0. The normalized spacial score (nSPS) is 20.3. The fraction of sp³-hybridized carbons (Fsp3) is 0.650. The first-order chi connectivity index (χ1) is 12.0. The van der Waals surface area contributed by atoms with E-state index in [1.807, 2.05) is 26.2 Å². The van der Waals surface area contributed by atoms with Crippen LogP contribution in [0.5, 0.6) is 0 Å². The van der Waals surface area contributed by atoms with E-state index in [4.69, 9.17) is 0 Å². The Hall–Kier alpha value is -1.59. The maximum atomic E-state index is 12.6. The molecule has 2 atom stereocenters. The third kappa shape index (κ3) is 5.72. The molecule has 0 radical (unpaired) electrons. The minimum absolute atomic E-state index is 0.00839. The quantitative estimate of drug-likeness (QED) is 0.709. The molecule has 0 saturated carbocycles. The number of hydrogen-bond donors (Lipinski definition) is 2. The van der Waals surface area contributed by atoms with Crippen molar-refractivity contribution >= 4 is 11.7 Å². The Morgan fingerprint density at radius 3 is 2.56 bits per heavy atom. The number of nitrogens with zero attached hydrogens (tertiary/aromatic N) is 2. The monoisotopic (exact) mass is 347 g/mol. The van der Waals surface area contributed by atoms with Crippen molar-refractivity contribution < 1.29 is 9.90 Å². The van der Waals surface area contributed by atoms with Crippen molar-refractivity contribution in [3.63, 3.8) is 0 Å². The van der Waals surface area contributed by atoms with E-state index in [0.29, 0.717) is 12.6 Å². The van der Waals surface area contributed by atoms with Crippen molar-refractivity contribution in [1.82, 2.24) is 9.80 Å². The predicted molar refractivity (Wildman–Crippen MR) is 103 cm³/mol. The summed E-state index contributed by atoms with van der Waals surface area (Å²) in [4.78, 5) is 16.4. The van der Waals surface area contributed by atoms with Crippen LogP contribution in [0, 0.1) is 0 Å². The van der Waals surface area contributed by atoms with E-state index in [1.165, 1.54) is 31.2 Å². The van der Waals surface area contributed by atoms with E-state index in [0.717, 1.165) is 18.5 Å². The Morgan fingerprint density at radius 1 is 1.24 bits per heavy atom. The van der Waals surface area contributed by atoms with Crippen molar-refractivity contribution in [2.24, 2.45) is 0 Å². The van der Waals surface area contributed by atoms with E-state index < -0.39 is 0 Å². The topological polar surface area (TPSA) is 55.8 Å². The lowest BCUT2D eigenvalue weighted by atomic mass is 10.1. The molecule has 5 nitrogen and oxygen atoms in total. The lowest BCUT2D eigenvalue weighted by Crippen LogP contribution is -2.41. The third-order valence-corrected chi connectivity index (χ3v) is 5.12. The molecule has 0 unspecified atom stereocenters. The number of anilines is 1. The molecule has 0 bridgehead atoms. The molecule has 0 aliphatic carbocycles. The molecule has 1 heterocycles. The zero-order valence-corrected chi connectivity index (χ0v) is 15.9. The number of hydrogen-bond acceptors (Lipinski definition) is 3. The van der Waals surface area contributed by atoms with Gasteiger partial charge in [0.15, 0.2) is 0 Å². The number of rotatable bonds is 8. The van der Waals surface area contributed by atoms with Gasteiger partial charge in [-0.15, -0.1) is 0 Å². The fourth-order valence-electron chi connectivity index (χ4n) is 3.39. The number of aliphatic hydroxyl groups excluding tert-OH is 1. The van der Waals surface area contributed by atoms with Crippen LogP contribution < -0.4 is 5.32 Å². The number of likely N-dealkylation sites (N-methyl/N-ethyl adjacent to an activating group) is 1. The zero-order valence-electron chi connectivity index (χ0n) is 15.9. The molecule has 2 rings (SSSR count). The molecular formula is C20H33N3O2. The number of benzene rings is 1. The van der Waals surface area contributed by atoms with Gasteiger partial charge in [0, 0.05) is 18.3 Å². The Bertz CT molecular complexity index is 530. The van der Waals surface area contributed by atoms with E-state index in [9.17, 15) is 9.90 Å². The molecule has 1 fully saturated rings. The lowest BCUT2D eigenvalue weighted by Gasteiger charge is -2.23. The predicted octanol–water partition coefficient (Wildman–Crippen LogP) is 3.34. The van der Waals surface area contributed by atoms with Gasteiger partial charge in [0.25, 0.3) is 0 Å². The maximum Gasteiger partial charge on any atom is 0.322 e. The van der Waals surface area contributed by atoms with E-state index in [-0.39, 0.29) is 18.7 Å². The van der Waals surface area contributed by atoms with Gasteiger partial charge in [0.05, 0.1) is 12.6 Å². The summed E-state index contributed by atoms with van der Waals surface area (Å²) in [6.07, 6.45) is 6.96. The number of amides is 2. The molecule has 0 aromatic heterocycles. The zero-order chi connectivity index (χ0) is 18.2. The first-order valence-corrected chi connectivity index (χ1v) is 9.49. The van der Waals surface area contributed by atoms with Crippen LogP contribution in [0.3, 0.4) is 0 Å². The van der Waals surface area contributed by atoms with Gasteiger partial charge in [-0.05, 0) is 51.1 Å². The second-order valence-electron chi connectivity index (χ2n) is 7.28. The number of likely N-dealkylation sites (tertiary alicyclic amines) is 1. The SMILES string of the molecule is CCCCCCc1ccc(NC(=O)N2C[C@H](N(C)C)C[C@H]2CO)cc1. The first-order valence-electron chi connectivity index (χ1n) is 9.49. The molecule has 5 heteroatoms. The number of carbonyl (C=O) groups excluding carboxylic acids is 1. The van der Waals surface area contributed by atoms with Gasteiger partial charge in [0.2, 0.25) is 0 Å². The van der Waals surface area contributed by atoms with Crippen LogP contribution in [-0.4, -0.2) is 60.3 Å². The molecule has 1 saturated heterocycles. The van der Waals surface area contributed by atoms with E-state index in [2.05, 4.69) is 29.3 Å². The molecule has 1 aliphatic heterocycles. The van der Waals surface area contributed by atoms with Crippen LogP contribution in [-0.2, 0) is 6.42 Å². The molecule has 140 valence electrons. The number of nitrogens with one attached hydrogen (secondary N) is 1. The van der Waals surface area contributed by atoms with Crippen molar-refractivity contribution in [2.45, 2.75) is 57.5 Å². The standard InChI is InChI=1S/C20H33N3O2/c1-4-5-6-7-8-16-9-11-17(12-10-16)21-20(25)23-14-18(22(2)3)13-19(23)15-24/h9-12,18-19,24H,4-8,13-15H2,1-3H3,(H,21,25)/t18-,19+/m1/s1. The van der Waals surface area contributed by atoms with E-state index >= 15 is 0 Å². The summed E-state index contributed by atoms with van der Waals surface area (Å²) >= 11 is 0. The summed E-state index contributed by atoms with van der Waals surface area (Å²) in [7, 11) is 4.03. The van der Waals surface area contributed by atoms with Crippen LogP contribution in [0.4, 0.5) is 10.5 Å². The Morgan fingerprint density at radius 2 is 1.96 bits per heavy atom. The summed E-state index contributed by atoms with van der Waals surface area (Å²) in [5.41, 5.74) is 2.13. The Kier molecular flexibility index (Phi) is 7.72. The van der Waals surface area contributed by atoms with Crippen LogP contribution in [0.15, 0.2) is 24.3 Å². The van der Waals surface area contributed by atoms with Crippen LogP contribution in [0.25, 0.3) is 0 Å². The summed E-state index contributed by atoms with van der Waals surface area (Å²) in [6.45, 7) is 2.88. The van der Waals surface area contributed by atoms with E-state index in [1.54, 1.807) is 4.90 Å². The molecule has 0 spiro atoms. The van der Waals surface area contributed by atoms with Crippen LogP contribution in [0.1, 0.15) is 44.6 Å². The summed E-state index contributed by atoms with van der Waals surface area (Å²) < 4.78 is 0. The molecule has 1 aliphatic rings. The van der Waals surface area contributed by atoms with Gasteiger partial charge in [0.1, 0.15) is 0 Å². The molecule has 1 aromatic carbocycles. The van der Waals surface area contributed by atoms with Gasteiger partial charge >= 0.3 is 6.03 Å². The van der Waals surface area contributed by atoms with Crippen LogP contribution in [0.2, 0.25) is 0 Å². The smallest absolute Gasteiger partial charge is 0.322 e. The van der Waals surface area contributed by atoms with Crippen molar-refractivity contribution in [2.75, 3.05) is 32.6 Å². The second-order valence-corrected chi connectivity index (χ2v) is 7.28. The number of aliphatic hydroxyl groups is 1. The van der Waals surface area contributed by atoms with Gasteiger partial charge in [-0.3, -0.25) is 0 Å². The number of unbranched alkanes of at least 4 members (excludes halogenated alkanes) is 3. The minimum Gasteiger partial charge on any atom is -0.394 e. The largest absolute Gasteiger partial charge is 0.394 e. The average molecular weight is 348 g/mol. The fourth-order valence-corrected chi connectivity index (χ4v) is 3.39. The number of urea groups is 1. The van der Waals surface area contributed by atoms with Crippen LogP contribution >= 0.6 is 0 Å². The minimum atomic E-state index is -0.126. The van der Waals surface area contributed by atoms with Crippen molar-refractivity contribution in [3.05, 3.63) is 29.8 Å². The van der Waals surface area contributed by atoms with Crippen molar-refractivity contribution in [3.8, 4) is 0 Å². The van der Waals surface area contributed by atoms with Gasteiger partial charge < -0.3 is 20.2 Å². The Balaban J connectivity index is 1.87. The lowest BCUT2D eigenvalue weighted by molar-refractivity contribution is 0.166. The molecular weight excluding hydrogens is 314 g/mol. The molecule has 2 amide bonds. The highest BCUT2D eigenvalue weighted by molar-refractivity contribution is 5.89. The highest BCUT2D eigenvalue weighted by atomic mass is 16.3.